The Hall–Kier alpha value is -8.62. The molecule has 6 heterocycles. The maximum Gasteiger partial charge on any atom is 0.342 e. The summed E-state index contributed by atoms with van der Waals surface area (Å²) in [6, 6.07) is 26.3. The second kappa shape index (κ2) is 26.1. The average molecular weight is 1260 g/mol. The minimum absolute atomic E-state index is 0.233. The van der Waals surface area contributed by atoms with Crippen LogP contribution in [0.15, 0.2) is 102 Å². The average Bonchev–Trinajstić information content (AvgIpc) is 1.58. The Bertz CT molecular complexity index is 4130. The number of nitrogens with one attached hydrogen (secondary N) is 3. The van der Waals surface area contributed by atoms with E-state index in [1.54, 1.807) is 70.7 Å². The first kappa shape index (κ1) is 63.0. The minimum atomic E-state index is -3.82. The number of nitrogens with zero attached hydrogens (tertiary/aromatic N) is 2. The Labute approximate surface area is 525 Å². The van der Waals surface area contributed by atoms with E-state index < -0.39 is 54.3 Å². The van der Waals surface area contributed by atoms with E-state index in [9.17, 15) is 36.0 Å². The number of rotatable bonds is 16. The molecule has 2 saturated carbocycles. The molecule has 0 saturated heterocycles. The van der Waals surface area contributed by atoms with Gasteiger partial charge in [-0.1, -0.05) is 50.7 Å². The second-order valence-electron chi connectivity index (χ2n) is 24.0. The normalized spacial score (nSPS) is 15.3. The molecule has 0 unspecified atom stereocenters. The highest BCUT2D eigenvalue weighted by atomic mass is 32.2. The van der Waals surface area contributed by atoms with Crippen LogP contribution in [-0.4, -0.2) is 92.6 Å². The number of aromatic amines is 1. The second-order valence-corrected chi connectivity index (χ2v) is 28.5. The van der Waals surface area contributed by atoms with Crippen LogP contribution in [0.3, 0.4) is 0 Å². The number of hydrogen-bond donors (Lipinski definition) is 3. The van der Waals surface area contributed by atoms with Crippen molar-refractivity contribution in [3.63, 3.8) is 0 Å². The van der Waals surface area contributed by atoms with Gasteiger partial charge < -0.3 is 37.5 Å². The lowest BCUT2D eigenvalue weighted by Gasteiger charge is -2.24. The summed E-state index contributed by atoms with van der Waals surface area (Å²) in [6.07, 6.45) is 18.6. The number of furan rings is 1. The first-order valence-corrected chi connectivity index (χ1v) is 34.2. The summed E-state index contributed by atoms with van der Waals surface area (Å²) in [6.45, 7) is 10.9. The smallest absolute Gasteiger partial charge is 0.342 e. The summed E-state index contributed by atoms with van der Waals surface area (Å²) in [5.41, 5.74) is 13.7. The molecule has 12 rings (SSSR count). The first-order chi connectivity index (χ1) is 43.2. The zero-order chi connectivity index (χ0) is 63.8. The number of ether oxygens (including phenoxy) is 4. The number of allylic oxidation sites excluding steroid dienone is 2. The molecule has 4 aromatic carbocycles. The van der Waals surface area contributed by atoms with Gasteiger partial charge in [0.25, 0.3) is 11.8 Å². The predicted molar refractivity (Wildman–Crippen MR) is 350 cm³/mol. The Morgan fingerprint density at radius 1 is 0.578 bits per heavy atom. The van der Waals surface area contributed by atoms with E-state index in [2.05, 4.69) is 41.8 Å². The number of aromatic nitrogens is 3. The van der Waals surface area contributed by atoms with E-state index >= 15 is 0 Å². The van der Waals surface area contributed by atoms with Gasteiger partial charge in [0.1, 0.15) is 22.8 Å². The van der Waals surface area contributed by atoms with Crippen molar-refractivity contribution >= 4 is 88.9 Å². The van der Waals surface area contributed by atoms with Crippen molar-refractivity contribution < 1.29 is 59.4 Å². The van der Waals surface area contributed by atoms with Gasteiger partial charge in [0.15, 0.2) is 0 Å². The van der Waals surface area contributed by atoms with Crippen LogP contribution < -0.4 is 18.9 Å². The molecular weight excluding hydrogens is 1180 g/mol. The van der Waals surface area contributed by atoms with Crippen molar-refractivity contribution in [3.05, 3.63) is 153 Å². The van der Waals surface area contributed by atoms with Gasteiger partial charge in [0, 0.05) is 55.8 Å². The molecule has 8 aromatic rings. The van der Waals surface area contributed by atoms with Crippen LogP contribution in [0.25, 0.3) is 67.6 Å². The Morgan fingerprint density at radius 3 is 1.49 bits per heavy atom. The number of fused-ring (bicyclic) bond motifs is 10. The number of methoxy groups -OCH3 is 2. The molecule has 4 aliphatic rings. The quantitative estimate of drug-likeness (QED) is 0.0764. The maximum absolute atomic E-state index is 13.3. The van der Waals surface area contributed by atoms with E-state index in [4.69, 9.17) is 23.4 Å². The van der Waals surface area contributed by atoms with E-state index in [0.717, 1.165) is 124 Å². The topological polar surface area (TPSA) is 236 Å². The van der Waals surface area contributed by atoms with Gasteiger partial charge in [-0.15, -0.1) is 0 Å². The van der Waals surface area contributed by atoms with Crippen molar-refractivity contribution in [1.82, 2.24) is 23.6 Å². The lowest BCUT2D eigenvalue weighted by atomic mass is 9.81. The number of esters is 2. The lowest BCUT2D eigenvalue weighted by Crippen LogP contribution is -2.35. The zero-order valence-electron chi connectivity index (χ0n) is 52.1. The monoisotopic (exact) mass is 1260 g/mol. The standard InChI is InChI=1S/C35H39N3O6S.C35H38N2O7S/c1-5-44-35(40)29-15-16-36-32(29)25-17-24-18-26(43-4)12-14-27(24)33-31(22-9-7-6-8-10-22)28-13-11-23(19-30(28)38(33)20-25)34(39)37-45(41,42)21(2)3;1-5-43-35(39)29-15-16-44-33(29)25-17-24-18-26(42-4)12-14-27(24)32-31(22-9-7-6-8-10-22)28-13-11-23(19-30(28)37(32)20-25)34(38)36-45(40,41)21(2)3/h11-19,21-22,36H,5-10,20H2,1-4H3,(H,37,39);11-19,21-22H,5-10,20H2,1-4H3,(H,36,38). The summed E-state index contributed by atoms with van der Waals surface area (Å²) in [5, 5.41) is 0.563. The van der Waals surface area contributed by atoms with Gasteiger partial charge in [-0.05, 0) is 192 Å². The maximum atomic E-state index is 13.3. The molecule has 2 aliphatic heterocycles. The van der Waals surface area contributed by atoms with Crippen molar-refractivity contribution in [2.24, 2.45) is 0 Å². The Morgan fingerprint density at radius 2 is 1.03 bits per heavy atom. The van der Waals surface area contributed by atoms with Crippen LogP contribution in [0, 0.1) is 0 Å². The Kier molecular flexibility index (Phi) is 18.2. The number of hydrogen-bond acceptors (Lipinski definition) is 13. The van der Waals surface area contributed by atoms with Gasteiger partial charge in [-0.2, -0.15) is 0 Å². The number of carbonyl (C=O) groups excluding carboxylic acids is 4. The van der Waals surface area contributed by atoms with Crippen LogP contribution in [0.2, 0.25) is 0 Å². The molecule has 4 aromatic heterocycles. The van der Waals surface area contributed by atoms with Crippen molar-refractivity contribution in [1.29, 1.82) is 0 Å². The molecule has 2 fully saturated rings. The van der Waals surface area contributed by atoms with Crippen molar-refractivity contribution in [3.8, 4) is 34.0 Å². The SMILES string of the molecule is CCOC(=O)c1cc[nH]c1C1=Cc2cc(OC)ccc2-c2c(C3CCCCC3)c3ccc(C(=O)NS(=O)(=O)C(C)C)cc3n2C1.CCOC(=O)c1ccoc1C1=Cc2cc(OC)ccc2-c2c(C3CCCCC3)c3ccc(C(=O)NS(=O)(=O)C(C)C)cc3n2C1. The third kappa shape index (κ3) is 12.3. The molecule has 20 heteroatoms. The number of H-pyrrole nitrogens is 1. The number of carbonyl (C=O) groups is 4. The van der Waals surface area contributed by atoms with E-state index in [-0.39, 0.29) is 24.3 Å². The molecule has 3 N–H and O–H groups in total. The molecule has 0 atom stereocenters. The fourth-order valence-electron chi connectivity index (χ4n) is 13.2. The predicted octanol–water partition coefficient (Wildman–Crippen LogP) is 14.0. The third-order valence-corrected chi connectivity index (χ3v) is 21.3. The summed E-state index contributed by atoms with van der Waals surface area (Å²) in [5.74, 6) is 0.254. The number of sulfonamides is 2. The summed E-state index contributed by atoms with van der Waals surface area (Å²) >= 11 is 0. The molecule has 472 valence electrons. The largest absolute Gasteiger partial charge is 0.497 e. The summed E-state index contributed by atoms with van der Waals surface area (Å²) in [7, 11) is -4.36. The van der Waals surface area contributed by atoms with E-state index in [1.165, 1.54) is 57.9 Å². The van der Waals surface area contributed by atoms with Crippen LogP contribution in [0.5, 0.6) is 11.5 Å². The van der Waals surface area contributed by atoms with E-state index in [0.29, 0.717) is 53.3 Å². The van der Waals surface area contributed by atoms with Gasteiger partial charge in [-0.3, -0.25) is 9.59 Å². The molecule has 0 radical (unpaired) electrons. The van der Waals surface area contributed by atoms with Gasteiger partial charge in [0.05, 0.1) is 79.9 Å². The first-order valence-electron chi connectivity index (χ1n) is 31.1. The number of amides is 2. The van der Waals surface area contributed by atoms with Crippen LogP contribution in [-0.2, 0) is 42.6 Å². The zero-order valence-corrected chi connectivity index (χ0v) is 53.8. The highest BCUT2D eigenvalue weighted by Gasteiger charge is 2.35. The van der Waals surface area contributed by atoms with Crippen LogP contribution in [0.4, 0.5) is 0 Å². The molecule has 2 amide bonds. The van der Waals surface area contributed by atoms with Gasteiger partial charge >= 0.3 is 11.9 Å². The molecular formula is C70H77N5O13S2. The Balaban J connectivity index is 0.000000185. The fraction of sp³-hybridized carbons (Fsp3) is 0.371. The number of benzene rings is 4. The molecule has 0 bridgehead atoms. The van der Waals surface area contributed by atoms with E-state index in [1.807, 2.05) is 42.5 Å². The molecule has 90 heavy (non-hydrogen) atoms. The van der Waals surface area contributed by atoms with Crippen LogP contribution in [0.1, 0.15) is 193 Å². The van der Waals surface area contributed by atoms with Crippen molar-refractivity contribution in [2.75, 3.05) is 27.4 Å². The van der Waals surface area contributed by atoms with Crippen LogP contribution >= 0.6 is 0 Å². The summed E-state index contributed by atoms with van der Waals surface area (Å²) in [4.78, 5) is 55.7. The summed E-state index contributed by atoms with van der Waals surface area (Å²) < 4.78 is 87.0. The molecule has 18 nitrogen and oxygen atoms in total. The minimum Gasteiger partial charge on any atom is -0.497 e. The highest BCUT2D eigenvalue weighted by Crippen LogP contribution is 2.50. The van der Waals surface area contributed by atoms with Gasteiger partial charge in [-0.25, -0.2) is 35.9 Å². The molecule has 0 spiro atoms. The van der Waals surface area contributed by atoms with Gasteiger partial charge in [0.2, 0.25) is 20.0 Å². The fourth-order valence-corrected chi connectivity index (χ4v) is 14.4. The third-order valence-electron chi connectivity index (χ3n) is 17.8. The van der Waals surface area contributed by atoms with Crippen molar-refractivity contribution in [2.45, 2.75) is 141 Å². The highest BCUT2D eigenvalue weighted by molar-refractivity contribution is 7.90. The lowest BCUT2D eigenvalue weighted by molar-refractivity contribution is 0.0516. The molecule has 2 aliphatic carbocycles.